The molecular formula is C16H14ClN3O2S2. The molecule has 0 saturated carbocycles. The van der Waals surface area contributed by atoms with Crippen LogP contribution in [0.4, 0.5) is 5.00 Å². The Kier molecular flexibility index (Phi) is 4.86. The number of hydrazine groups is 1. The van der Waals surface area contributed by atoms with Crippen LogP contribution in [0.15, 0.2) is 35.7 Å². The molecule has 3 rings (SSSR count). The minimum Gasteiger partial charge on any atom is -0.312 e. The second kappa shape index (κ2) is 6.90. The van der Waals surface area contributed by atoms with E-state index < -0.39 is 0 Å². The molecule has 2 heterocycles. The molecule has 0 aliphatic carbocycles. The van der Waals surface area contributed by atoms with Gasteiger partial charge >= 0.3 is 0 Å². The van der Waals surface area contributed by atoms with E-state index in [0.29, 0.717) is 20.5 Å². The number of benzene rings is 1. The van der Waals surface area contributed by atoms with E-state index in [0.717, 1.165) is 10.1 Å². The van der Waals surface area contributed by atoms with Gasteiger partial charge in [0.2, 0.25) is 0 Å². The summed E-state index contributed by atoms with van der Waals surface area (Å²) in [5.41, 5.74) is 3.07. The highest BCUT2D eigenvalue weighted by Gasteiger charge is 2.20. The van der Waals surface area contributed by atoms with Crippen molar-refractivity contribution in [2.75, 3.05) is 19.4 Å². The molecule has 2 N–H and O–H groups in total. The molecule has 2 aromatic heterocycles. The van der Waals surface area contributed by atoms with Crippen molar-refractivity contribution in [3.63, 3.8) is 0 Å². The highest BCUT2D eigenvalue weighted by atomic mass is 35.5. The zero-order valence-corrected chi connectivity index (χ0v) is 15.3. The van der Waals surface area contributed by atoms with Gasteiger partial charge in [-0.1, -0.05) is 29.8 Å². The summed E-state index contributed by atoms with van der Waals surface area (Å²) in [6.07, 6.45) is 0. The number of fused-ring (bicyclic) bond motifs is 1. The van der Waals surface area contributed by atoms with Crippen molar-refractivity contribution in [1.82, 2.24) is 10.4 Å². The van der Waals surface area contributed by atoms with Gasteiger partial charge in [-0.2, -0.15) is 0 Å². The lowest BCUT2D eigenvalue weighted by molar-refractivity contribution is 0.0858. The average molecular weight is 380 g/mol. The Morgan fingerprint density at radius 3 is 2.58 bits per heavy atom. The Bertz CT molecular complexity index is 917. The van der Waals surface area contributed by atoms with E-state index in [4.69, 9.17) is 11.6 Å². The topological polar surface area (TPSA) is 61.4 Å². The number of hydrogen-bond acceptors (Lipinski definition) is 5. The molecule has 0 aliphatic heterocycles. The van der Waals surface area contributed by atoms with E-state index in [1.165, 1.54) is 22.7 Å². The summed E-state index contributed by atoms with van der Waals surface area (Å²) in [6.45, 7) is 0. The largest absolute Gasteiger partial charge is 0.312 e. The first-order valence-electron chi connectivity index (χ1n) is 7.01. The zero-order valence-electron chi connectivity index (χ0n) is 12.9. The number of anilines is 1. The number of amides is 2. The lowest BCUT2D eigenvalue weighted by Gasteiger charge is -2.12. The Labute approximate surface area is 151 Å². The minimum absolute atomic E-state index is 0.279. The highest BCUT2D eigenvalue weighted by molar-refractivity contribution is 7.22. The van der Waals surface area contributed by atoms with Crippen molar-refractivity contribution in [3.05, 3.63) is 51.2 Å². The summed E-state index contributed by atoms with van der Waals surface area (Å²) in [7, 11) is 3.44. The molecule has 3 aromatic rings. The molecule has 2 amide bonds. The van der Waals surface area contributed by atoms with Crippen molar-refractivity contribution < 1.29 is 9.59 Å². The molecule has 8 heteroatoms. The van der Waals surface area contributed by atoms with Crippen molar-refractivity contribution in [1.29, 1.82) is 0 Å². The molecular weight excluding hydrogens is 366 g/mol. The number of carbonyl (C=O) groups is 2. The highest BCUT2D eigenvalue weighted by Crippen LogP contribution is 2.36. The Morgan fingerprint density at radius 2 is 1.88 bits per heavy atom. The minimum atomic E-state index is -0.317. The summed E-state index contributed by atoms with van der Waals surface area (Å²) in [4.78, 5) is 25.2. The molecule has 24 heavy (non-hydrogen) atoms. The van der Waals surface area contributed by atoms with Crippen molar-refractivity contribution in [2.45, 2.75) is 0 Å². The van der Waals surface area contributed by atoms with Crippen LogP contribution in [0.1, 0.15) is 20.0 Å². The predicted molar refractivity (Wildman–Crippen MR) is 100 cm³/mol. The van der Waals surface area contributed by atoms with Gasteiger partial charge in [-0.15, -0.1) is 22.7 Å². The Balaban J connectivity index is 1.86. The third kappa shape index (κ3) is 3.29. The van der Waals surface area contributed by atoms with Gasteiger partial charge in [0.1, 0.15) is 9.88 Å². The second-order valence-corrected chi connectivity index (χ2v) is 7.54. The molecule has 0 aliphatic rings. The van der Waals surface area contributed by atoms with Crippen molar-refractivity contribution >= 4 is 61.2 Å². The summed E-state index contributed by atoms with van der Waals surface area (Å²) in [6, 6.07) is 9.26. The Morgan fingerprint density at radius 1 is 1.12 bits per heavy atom. The van der Waals surface area contributed by atoms with Gasteiger partial charge in [0.05, 0.1) is 10.6 Å². The smallest absolute Gasteiger partial charge is 0.268 e. The van der Waals surface area contributed by atoms with E-state index in [-0.39, 0.29) is 11.8 Å². The van der Waals surface area contributed by atoms with E-state index in [2.05, 4.69) is 10.7 Å². The van der Waals surface area contributed by atoms with Gasteiger partial charge in [0, 0.05) is 24.2 Å². The fourth-order valence-electron chi connectivity index (χ4n) is 2.17. The third-order valence-corrected chi connectivity index (χ3v) is 5.71. The normalized spacial score (nSPS) is 11.0. The first-order valence-corrected chi connectivity index (χ1v) is 9.09. The maximum absolute atomic E-state index is 12.6. The van der Waals surface area contributed by atoms with Gasteiger partial charge in [-0.05, 0) is 17.5 Å². The molecule has 124 valence electrons. The number of rotatable bonds is 4. The van der Waals surface area contributed by atoms with E-state index in [1.54, 1.807) is 30.6 Å². The van der Waals surface area contributed by atoms with Crippen LogP contribution in [0.3, 0.4) is 0 Å². The molecule has 0 bridgehead atoms. The van der Waals surface area contributed by atoms with Gasteiger partial charge in [0.25, 0.3) is 11.8 Å². The van der Waals surface area contributed by atoms with E-state index in [9.17, 15) is 9.59 Å². The third-order valence-electron chi connectivity index (χ3n) is 3.20. The van der Waals surface area contributed by atoms with Crippen LogP contribution >= 0.6 is 34.3 Å². The van der Waals surface area contributed by atoms with Crippen LogP contribution < -0.4 is 10.7 Å². The van der Waals surface area contributed by atoms with Crippen LogP contribution in [0.2, 0.25) is 5.02 Å². The standard InChI is InChI=1S/C16H14ClN3O2S2/c1-20(2)19-14(21)10-7-8-23-16(10)18-15(22)13-12(17)9-5-3-4-6-11(9)24-13/h3-8H,1-2H3,(H,18,22)(H,19,21). The zero-order chi connectivity index (χ0) is 17.3. The van der Waals surface area contributed by atoms with Crippen LogP contribution in [0, 0.1) is 0 Å². The quantitative estimate of drug-likeness (QED) is 0.671. The average Bonchev–Trinajstić information content (AvgIpc) is 3.12. The first-order chi connectivity index (χ1) is 11.5. The van der Waals surface area contributed by atoms with Gasteiger partial charge < -0.3 is 5.32 Å². The molecule has 0 fully saturated rings. The lowest BCUT2D eigenvalue weighted by atomic mass is 10.2. The number of carbonyl (C=O) groups excluding carboxylic acids is 2. The van der Waals surface area contributed by atoms with Crippen LogP contribution in [0.25, 0.3) is 10.1 Å². The molecule has 0 radical (unpaired) electrons. The number of hydrogen-bond donors (Lipinski definition) is 2. The fraction of sp³-hybridized carbons (Fsp3) is 0.125. The molecule has 0 atom stereocenters. The second-order valence-electron chi connectivity index (χ2n) is 5.19. The summed E-state index contributed by atoms with van der Waals surface area (Å²) in [5, 5.41) is 7.88. The maximum atomic E-state index is 12.6. The molecule has 5 nitrogen and oxygen atoms in total. The van der Waals surface area contributed by atoms with Crippen LogP contribution in [-0.2, 0) is 0 Å². The number of nitrogens with zero attached hydrogens (tertiary/aromatic N) is 1. The molecule has 0 spiro atoms. The summed E-state index contributed by atoms with van der Waals surface area (Å²) < 4.78 is 0.949. The van der Waals surface area contributed by atoms with Crippen molar-refractivity contribution in [2.24, 2.45) is 0 Å². The van der Waals surface area contributed by atoms with Gasteiger partial charge in [-0.3, -0.25) is 15.0 Å². The van der Waals surface area contributed by atoms with Gasteiger partial charge in [0.15, 0.2) is 0 Å². The summed E-state index contributed by atoms with van der Waals surface area (Å²) >= 11 is 8.95. The predicted octanol–water partition coefficient (Wildman–Crippen LogP) is 4.07. The first kappa shape index (κ1) is 16.9. The lowest BCUT2D eigenvalue weighted by Crippen LogP contribution is -2.36. The summed E-state index contributed by atoms with van der Waals surface area (Å²) in [5.74, 6) is -0.596. The number of halogens is 1. The number of nitrogens with one attached hydrogen (secondary N) is 2. The van der Waals surface area contributed by atoms with Crippen LogP contribution in [-0.4, -0.2) is 30.9 Å². The van der Waals surface area contributed by atoms with E-state index >= 15 is 0 Å². The van der Waals surface area contributed by atoms with E-state index in [1.807, 2.05) is 24.3 Å². The molecule has 1 aromatic carbocycles. The SMILES string of the molecule is CN(C)NC(=O)c1ccsc1NC(=O)c1sc2ccccc2c1Cl. The number of thiophene rings is 2. The van der Waals surface area contributed by atoms with Crippen LogP contribution in [0.5, 0.6) is 0 Å². The molecule has 0 unspecified atom stereocenters. The fourth-order valence-corrected chi connectivity index (χ4v) is 4.36. The monoisotopic (exact) mass is 379 g/mol. The maximum Gasteiger partial charge on any atom is 0.268 e. The molecule has 0 saturated heterocycles. The van der Waals surface area contributed by atoms with Gasteiger partial charge in [-0.25, -0.2) is 5.01 Å². The van der Waals surface area contributed by atoms with Crippen molar-refractivity contribution in [3.8, 4) is 0 Å². The Hall–Kier alpha value is -1.93.